The predicted octanol–water partition coefficient (Wildman–Crippen LogP) is 3.03. The molecule has 1 aromatic heterocycles. The summed E-state index contributed by atoms with van der Waals surface area (Å²) >= 11 is 0. The number of nitrogens with zero attached hydrogens (tertiary/aromatic N) is 2. The van der Waals surface area contributed by atoms with Crippen LogP contribution in [0.2, 0.25) is 0 Å². The monoisotopic (exact) mass is 306 g/mol. The highest BCUT2D eigenvalue weighted by Gasteiger charge is 2.17. The number of rotatable bonds is 1. The van der Waals surface area contributed by atoms with Crippen molar-refractivity contribution in [1.82, 2.24) is 4.57 Å². The summed E-state index contributed by atoms with van der Waals surface area (Å²) < 4.78 is 7.37. The van der Waals surface area contributed by atoms with Crippen molar-refractivity contribution >= 4 is 16.5 Å². The molecule has 0 saturated heterocycles. The molecule has 0 unspecified atom stereocenters. The fraction of sp³-hybridized carbons (Fsp3) is 0.211. The molecule has 0 N–H and O–H groups in total. The summed E-state index contributed by atoms with van der Waals surface area (Å²) in [5, 5.41) is 1.73. The molecule has 0 saturated carbocycles. The summed E-state index contributed by atoms with van der Waals surface area (Å²) in [7, 11) is 3.87. The molecule has 2 heterocycles. The smallest absolute Gasteiger partial charge is 0.258 e. The molecule has 23 heavy (non-hydrogen) atoms. The van der Waals surface area contributed by atoms with E-state index in [0.717, 1.165) is 39.9 Å². The van der Waals surface area contributed by atoms with Gasteiger partial charge in [0.25, 0.3) is 5.56 Å². The van der Waals surface area contributed by atoms with E-state index in [9.17, 15) is 4.79 Å². The zero-order valence-electron chi connectivity index (χ0n) is 13.2. The molecule has 1 aliphatic heterocycles. The predicted molar refractivity (Wildman–Crippen MR) is 93.4 cm³/mol. The molecule has 4 heteroatoms. The minimum atomic E-state index is 0.0303. The Balaban J connectivity index is 1.98. The highest BCUT2D eigenvalue weighted by molar-refractivity contribution is 5.96. The van der Waals surface area contributed by atoms with E-state index in [4.69, 9.17) is 4.74 Å². The normalized spacial score (nSPS) is 13.7. The van der Waals surface area contributed by atoms with Gasteiger partial charge in [-0.25, -0.2) is 0 Å². The van der Waals surface area contributed by atoms with E-state index in [1.165, 1.54) is 0 Å². The first-order valence-electron chi connectivity index (χ1n) is 7.72. The maximum atomic E-state index is 12.3. The van der Waals surface area contributed by atoms with Gasteiger partial charge in [-0.3, -0.25) is 4.79 Å². The van der Waals surface area contributed by atoms with E-state index in [0.29, 0.717) is 6.61 Å². The van der Waals surface area contributed by atoms with Crippen molar-refractivity contribution in [3.63, 3.8) is 0 Å². The SMILES string of the molecule is CN1CCOc2ccc(-c3cn(C)c(=O)c4ccccc34)cc21. The summed E-state index contributed by atoms with van der Waals surface area (Å²) in [6.45, 7) is 1.59. The van der Waals surface area contributed by atoms with Gasteiger partial charge < -0.3 is 14.2 Å². The minimum absolute atomic E-state index is 0.0303. The summed E-state index contributed by atoms with van der Waals surface area (Å²) in [6, 6.07) is 14.0. The van der Waals surface area contributed by atoms with Gasteiger partial charge in [-0.05, 0) is 29.1 Å². The maximum absolute atomic E-state index is 12.3. The van der Waals surface area contributed by atoms with Gasteiger partial charge in [-0.1, -0.05) is 24.3 Å². The average Bonchev–Trinajstić information content (AvgIpc) is 2.58. The third-order valence-electron chi connectivity index (χ3n) is 4.46. The van der Waals surface area contributed by atoms with Crippen molar-refractivity contribution in [1.29, 1.82) is 0 Å². The van der Waals surface area contributed by atoms with E-state index in [1.807, 2.05) is 36.5 Å². The van der Waals surface area contributed by atoms with Crippen LogP contribution in [-0.4, -0.2) is 24.8 Å². The van der Waals surface area contributed by atoms with E-state index in [-0.39, 0.29) is 5.56 Å². The lowest BCUT2D eigenvalue weighted by molar-refractivity contribution is 0.311. The van der Waals surface area contributed by atoms with Crippen LogP contribution in [0.15, 0.2) is 53.5 Å². The van der Waals surface area contributed by atoms with Gasteiger partial charge in [-0.15, -0.1) is 0 Å². The van der Waals surface area contributed by atoms with Crippen LogP contribution in [0.3, 0.4) is 0 Å². The molecule has 116 valence electrons. The van der Waals surface area contributed by atoms with Gasteiger partial charge in [0.15, 0.2) is 0 Å². The number of likely N-dealkylation sites (N-methyl/N-ethyl adjacent to an activating group) is 1. The molecule has 0 radical (unpaired) electrons. The molecule has 0 amide bonds. The van der Waals surface area contributed by atoms with Crippen molar-refractivity contribution in [2.75, 3.05) is 25.1 Å². The lowest BCUT2D eigenvalue weighted by Gasteiger charge is -2.28. The highest BCUT2D eigenvalue weighted by atomic mass is 16.5. The Morgan fingerprint density at radius 1 is 1.04 bits per heavy atom. The fourth-order valence-corrected chi connectivity index (χ4v) is 3.16. The van der Waals surface area contributed by atoms with Crippen molar-refractivity contribution in [2.24, 2.45) is 7.05 Å². The first-order chi connectivity index (χ1) is 11.1. The lowest BCUT2D eigenvalue weighted by atomic mass is 9.99. The Kier molecular flexibility index (Phi) is 3.11. The van der Waals surface area contributed by atoms with Gasteiger partial charge in [-0.2, -0.15) is 0 Å². The van der Waals surface area contributed by atoms with Crippen LogP contribution >= 0.6 is 0 Å². The maximum Gasteiger partial charge on any atom is 0.258 e. The summed E-state index contributed by atoms with van der Waals surface area (Å²) in [5.74, 6) is 0.914. The fourth-order valence-electron chi connectivity index (χ4n) is 3.16. The molecule has 4 rings (SSSR count). The Labute approximate surface area is 134 Å². The van der Waals surface area contributed by atoms with Crippen molar-refractivity contribution in [3.05, 3.63) is 59.0 Å². The second-order valence-corrected chi connectivity index (χ2v) is 5.96. The number of benzene rings is 2. The van der Waals surface area contributed by atoms with Gasteiger partial charge in [0.2, 0.25) is 0 Å². The molecule has 0 atom stereocenters. The van der Waals surface area contributed by atoms with Gasteiger partial charge in [0.05, 0.1) is 12.2 Å². The number of aryl methyl sites for hydroxylation is 1. The van der Waals surface area contributed by atoms with Gasteiger partial charge in [0.1, 0.15) is 12.4 Å². The molecule has 3 aromatic rings. The number of anilines is 1. The quantitative estimate of drug-likeness (QED) is 0.693. The third kappa shape index (κ3) is 2.18. The van der Waals surface area contributed by atoms with Crippen LogP contribution in [-0.2, 0) is 7.05 Å². The number of hydrogen-bond donors (Lipinski definition) is 0. The van der Waals surface area contributed by atoms with E-state index in [2.05, 4.69) is 24.1 Å². The molecule has 0 spiro atoms. The van der Waals surface area contributed by atoms with Crippen molar-refractivity contribution < 1.29 is 4.74 Å². The minimum Gasteiger partial charge on any atom is -0.490 e. The van der Waals surface area contributed by atoms with Crippen LogP contribution in [0.5, 0.6) is 5.75 Å². The molecule has 1 aliphatic rings. The van der Waals surface area contributed by atoms with Crippen molar-refractivity contribution in [3.8, 4) is 16.9 Å². The molecule has 0 aliphatic carbocycles. The van der Waals surface area contributed by atoms with E-state index < -0.39 is 0 Å². The Morgan fingerprint density at radius 2 is 1.83 bits per heavy atom. The molecular formula is C19H18N2O2. The van der Waals surface area contributed by atoms with Crippen LogP contribution in [0.4, 0.5) is 5.69 Å². The van der Waals surface area contributed by atoms with Crippen LogP contribution in [0.1, 0.15) is 0 Å². The summed E-state index contributed by atoms with van der Waals surface area (Å²) in [5.41, 5.74) is 3.27. The average molecular weight is 306 g/mol. The topological polar surface area (TPSA) is 34.5 Å². The highest BCUT2D eigenvalue weighted by Crippen LogP contribution is 2.36. The molecule has 2 aromatic carbocycles. The van der Waals surface area contributed by atoms with Gasteiger partial charge in [0, 0.05) is 31.2 Å². The number of aromatic nitrogens is 1. The second-order valence-electron chi connectivity index (χ2n) is 5.96. The Hall–Kier alpha value is -2.75. The van der Waals surface area contributed by atoms with Crippen LogP contribution < -0.4 is 15.2 Å². The van der Waals surface area contributed by atoms with Gasteiger partial charge >= 0.3 is 0 Å². The van der Waals surface area contributed by atoms with E-state index in [1.54, 1.807) is 11.6 Å². The molecule has 4 nitrogen and oxygen atoms in total. The molecule has 0 fully saturated rings. The largest absolute Gasteiger partial charge is 0.490 e. The summed E-state index contributed by atoms with van der Waals surface area (Å²) in [6.07, 6.45) is 1.91. The summed E-state index contributed by atoms with van der Waals surface area (Å²) in [4.78, 5) is 14.5. The lowest BCUT2D eigenvalue weighted by Crippen LogP contribution is -2.28. The van der Waals surface area contributed by atoms with Crippen molar-refractivity contribution in [2.45, 2.75) is 0 Å². The number of ether oxygens (including phenoxy) is 1. The van der Waals surface area contributed by atoms with Crippen LogP contribution in [0, 0.1) is 0 Å². The zero-order chi connectivity index (χ0) is 16.0. The number of pyridine rings is 1. The number of hydrogen-bond acceptors (Lipinski definition) is 3. The Morgan fingerprint density at radius 3 is 2.65 bits per heavy atom. The molecular weight excluding hydrogens is 288 g/mol. The third-order valence-corrected chi connectivity index (χ3v) is 4.46. The first kappa shape index (κ1) is 13.9. The second kappa shape index (κ2) is 5.16. The standard InChI is InChI=1S/C19H18N2O2/c1-20-9-10-23-18-8-7-13(11-17(18)20)16-12-21(2)19(22)15-6-4-3-5-14(15)16/h3-8,11-12H,9-10H2,1-2H3. The number of fused-ring (bicyclic) bond motifs is 2. The first-order valence-corrected chi connectivity index (χ1v) is 7.72. The Bertz CT molecular complexity index is 959. The van der Waals surface area contributed by atoms with Crippen LogP contribution in [0.25, 0.3) is 21.9 Å². The molecule has 0 bridgehead atoms. The zero-order valence-corrected chi connectivity index (χ0v) is 13.2. The van der Waals surface area contributed by atoms with E-state index >= 15 is 0 Å².